The Morgan fingerprint density at radius 2 is 1.09 bits per heavy atom. The molecule has 0 spiro atoms. The summed E-state index contributed by atoms with van der Waals surface area (Å²) in [6.07, 6.45) is 13.8. The van der Waals surface area contributed by atoms with E-state index < -0.39 is 12.2 Å². The summed E-state index contributed by atoms with van der Waals surface area (Å²) in [6, 6.07) is 15.5. The number of terminal acetylenes is 2. The first-order valence-electron chi connectivity index (χ1n) is 7.24. The van der Waals surface area contributed by atoms with E-state index in [9.17, 15) is 0 Å². The minimum absolute atomic E-state index is 0.506. The van der Waals surface area contributed by atoms with E-state index in [1.165, 1.54) is 0 Å². The lowest BCUT2D eigenvalue weighted by atomic mass is 10.0. The number of hydrogen-bond donors (Lipinski definition) is 0. The average molecular weight is 298 g/mol. The SMILES string of the molecule is C#CC(OC(C#C)c1ccc(C=C)cc1)c1ccc(C=C)cc1. The van der Waals surface area contributed by atoms with Crippen LogP contribution in [0.4, 0.5) is 0 Å². The van der Waals surface area contributed by atoms with Crippen LogP contribution < -0.4 is 0 Å². The molecule has 0 aliphatic carbocycles. The van der Waals surface area contributed by atoms with Gasteiger partial charge >= 0.3 is 0 Å². The highest BCUT2D eigenvalue weighted by Crippen LogP contribution is 2.26. The first kappa shape index (κ1) is 16.4. The molecule has 0 fully saturated rings. The maximum Gasteiger partial charge on any atom is 0.145 e. The molecule has 0 aromatic heterocycles. The summed E-state index contributed by atoms with van der Waals surface area (Å²) >= 11 is 0. The number of ether oxygens (including phenoxy) is 1. The lowest BCUT2D eigenvalue weighted by Crippen LogP contribution is -2.08. The minimum atomic E-state index is -0.506. The molecule has 0 saturated heterocycles. The van der Waals surface area contributed by atoms with Gasteiger partial charge in [0.15, 0.2) is 0 Å². The van der Waals surface area contributed by atoms with Crippen LogP contribution in [0, 0.1) is 24.7 Å². The van der Waals surface area contributed by atoms with Crippen LogP contribution in [0.2, 0.25) is 0 Å². The van der Waals surface area contributed by atoms with Gasteiger partial charge in [0.05, 0.1) is 0 Å². The summed E-state index contributed by atoms with van der Waals surface area (Å²) in [5, 5.41) is 0. The molecule has 0 saturated carbocycles. The van der Waals surface area contributed by atoms with Gasteiger partial charge in [-0.15, -0.1) is 12.8 Å². The molecular formula is C22H18O. The molecule has 2 aromatic carbocycles. The minimum Gasteiger partial charge on any atom is -0.340 e. The molecular weight excluding hydrogens is 280 g/mol. The van der Waals surface area contributed by atoms with Gasteiger partial charge in [-0.2, -0.15) is 0 Å². The van der Waals surface area contributed by atoms with Crippen molar-refractivity contribution >= 4 is 12.2 Å². The molecule has 0 radical (unpaired) electrons. The van der Waals surface area contributed by atoms with Gasteiger partial charge in [-0.3, -0.25) is 0 Å². The lowest BCUT2D eigenvalue weighted by Gasteiger charge is -2.18. The summed E-state index contributed by atoms with van der Waals surface area (Å²) in [5.41, 5.74) is 3.83. The molecule has 112 valence electrons. The van der Waals surface area contributed by atoms with Crippen LogP contribution in [0.25, 0.3) is 12.2 Å². The third-order valence-corrected chi connectivity index (χ3v) is 3.52. The molecule has 2 unspecified atom stereocenters. The van der Waals surface area contributed by atoms with Gasteiger partial charge in [-0.25, -0.2) is 0 Å². The summed E-state index contributed by atoms with van der Waals surface area (Å²) in [5.74, 6) is 5.31. The maximum atomic E-state index is 5.94. The monoisotopic (exact) mass is 298 g/mol. The molecule has 1 nitrogen and oxygen atoms in total. The first-order valence-corrected chi connectivity index (χ1v) is 7.24. The molecule has 0 amide bonds. The fraction of sp³-hybridized carbons (Fsp3) is 0.0909. The predicted molar refractivity (Wildman–Crippen MR) is 97.3 cm³/mol. The Balaban J connectivity index is 2.20. The van der Waals surface area contributed by atoms with Gasteiger partial charge in [-0.1, -0.05) is 85.7 Å². The van der Waals surface area contributed by atoms with Crippen molar-refractivity contribution in [2.75, 3.05) is 0 Å². The van der Waals surface area contributed by atoms with Crippen LogP contribution in [0.3, 0.4) is 0 Å². The van der Waals surface area contributed by atoms with Crippen molar-refractivity contribution in [2.45, 2.75) is 12.2 Å². The Morgan fingerprint density at radius 1 is 0.739 bits per heavy atom. The fourth-order valence-electron chi connectivity index (χ4n) is 2.18. The van der Waals surface area contributed by atoms with E-state index in [2.05, 4.69) is 25.0 Å². The quantitative estimate of drug-likeness (QED) is 0.679. The smallest absolute Gasteiger partial charge is 0.145 e. The van der Waals surface area contributed by atoms with E-state index in [4.69, 9.17) is 17.6 Å². The molecule has 0 heterocycles. The second-order valence-electron chi connectivity index (χ2n) is 4.97. The molecule has 2 rings (SSSR count). The zero-order valence-electron chi connectivity index (χ0n) is 12.9. The number of rotatable bonds is 6. The number of benzene rings is 2. The van der Waals surface area contributed by atoms with Gasteiger partial charge in [0.2, 0.25) is 0 Å². The lowest BCUT2D eigenvalue weighted by molar-refractivity contribution is 0.0516. The molecule has 2 atom stereocenters. The highest BCUT2D eigenvalue weighted by molar-refractivity contribution is 5.48. The second kappa shape index (κ2) is 7.85. The Morgan fingerprint density at radius 3 is 1.35 bits per heavy atom. The fourth-order valence-corrected chi connectivity index (χ4v) is 2.18. The van der Waals surface area contributed by atoms with Crippen LogP contribution in [0.5, 0.6) is 0 Å². The van der Waals surface area contributed by atoms with Gasteiger partial charge in [0, 0.05) is 0 Å². The van der Waals surface area contributed by atoms with Crippen molar-refractivity contribution in [3.8, 4) is 24.7 Å². The van der Waals surface area contributed by atoms with Crippen molar-refractivity contribution in [1.29, 1.82) is 0 Å². The van der Waals surface area contributed by atoms with Gasteiger partial charge < -0.3 is 4.74 Å². The van der Waals surface area contributed by atoms with Crippen molar-refractivity contribution in [2.24, 2.45) is 0 Å². The van der Waals surface area contributed by atoms with E-state index >= 15 is 0 Å². The molecule has 23 heavy (non-hydrogen) atoms. The van der Waals surface area contributed by atoms with E-state index in [-0.39, 0.29) is 0 Å². The normalized spacial score (nSPS) is 12.4. The zero-order valence-corrected chi connectivity index (χ0v) is 12.9. The number of hydrogen-bond acceptors (Lipinski definition) is 1. The molecule has 0 aliphatic heterocycles. The molecule has 0 N–H and O–H groups in total. The highest BCUT2D eigenvalue weighted by atomic mass is 16.5. The Kier molecular flexibility index (Phi) is 5.59. The first-order chi connectivity index (χ1) is 11.2. The Hall–Kier alpha value is -3.00. The van der Waals surface area contributed by atoms with E-state index in [0.29, 0.717) is 0 Å². The summed E-state index contributed by atoms with van der Waals surface area (Å²) < 4.78 is 5.94. The zero-order chi connectivity index (χ0) is 16.7. The third-order valence-electron chi connectivity index (χ3n) is 3.52. The molecule has 1 heteroatoms. The summed E-state index contributed by atoms with van der Waals surface area (Å²) in [4.78, 5) is 0. The second-order valence-corrected chi connectivity index (χ2v) is 4.97. The van der Waals surface area contributed by atoms with Crippen LogP contribution in [0.1, 0.15) is 34.5 Å². The maximum absolute atomic E-state index is 5.94. The van der Waals surface area contributed by atoms with E-state index in [1.54, 1.807) is 12.2 Å². The van der Waals surface area contributed by atoms with Crippen molar-refractivity contribution < 1.29 is 4.74 Å². The van der Waals surface area contributed by atoms with Gasteiger partial charge in [0.25, 0.3) is 0 Å². The summed E-state index contributed by atoms with van der Waals surface area (Å²) in [7, 11) is 0. The topological polar surface area (TPSA) is 9.23 Å². The predicted octanol–water partition coefficient (Wildman–Crippen LogP) is 5.04. The summed E-state index contributed by atoms with van der Waals surface area (Å²) in [6.45, 7) is 7.47. The average Bonchev–Trinajstić information content (AvgIpc) is 2.63. The van der Waals surface area contributed by atoms with E-state index in [0.717, 1.165) is 22.3 Å². The molecule has 2 aromatic rings. The highest BCUT2D eigenvalue weighted by Gasteiger charge is 2.16. The van der Waals surface area contributed by atoms with Crippen molar-refractivity contribution in [3.63, 3.8) is 0 Å². The van der Waals surface area contributed by atoms with Crippen LogP contribution in [-0.2, 0) is 4.74 Å². The standard InChI is InChI=1S/C22H18O/c1-5-17-9-13-19(14-10-17)21(7-3)23-22(8-4)20-15-11-18(6-2)12-16-20/h3-6,9-16,21-22H,1-2H2. The van der Waals surface area contributed by atoms with Gasteiger partial charge in [-0.05, 0) is 22.3 Å². The van der Waals surface area contributed by atoms with Crippen molar-refractivity contribution in [3.05, 3.63) is 83.9 Å². The van der Waals surface area contributed by atoms with Gasteiger partial charge in [0.1, 0.15) is 12.2 Å². The van der Waals surface area contributed by atoms with Crippen LogP contribution >= 0.6 is 0 Å². The molecule has 0 aliphatic rings. The van der Waals surface area contributed by atoms with E-state index in [1.807, 2.05) is 48.5 Å². The Labute approximate surface area is 138 Å². The van der Waals surface area contributed by atoms with Crippen molar-refractivity contribution in [1.82, 2.24) is 0 Å². The largest absolute Gasteiger partial charge is 0.340 e. The van der Waals surface area contributed by atoms with Crippen LogP contribution in [0.15, 0.2) is 61.7 Å². The molecule has 0 bridgehead atoms. The van der Waals surface area contributed by atoms with Crippen LogP contribution in [-0.4, -0.2) is 0 Å². The Bertz CT molecular complexity index is 684. The third kappa shape index (κ3) is 4.01.